The van der Waals surface area contributed by atoms with Crippen LogP contribution in [0.15, 0.2) is 59.3 Å². The second kappa shape index (κ2) is 15.4. The fourth-order valence-corrected chi connectivity index (χ4v) is 6.17. The molecule has 3 amide bonds. The Morgan fingerprint density at radius 1 is 1.10 bits per heavy atom. The van der Waals surface area contributed by atoms with Crippen LogP contribution < -0.4 is 20.1 Å². The lowest BCUT2D eigenvalue weighted by molar-refractivity contribution is -0.119. The van der Waals surface area contributed by atoms with Gasteiger partial charge in [-0.05, 0) is 79.9 Å². The predicted molar refractivity (Wildman–Crippen MR) is 193 cm³/mol. The first kappa shape index (κ1) is 36.5. The summed E-state index contributed by atoms with van der Waals surface area (Å²) >= 11 is 10.4. The quantitative estimate of drug-likeness (QED) is 0.171. The Kier molecular flexibility index (Phi) is 11.3. The van der Waals surface area contributed by atoms with Crippen molar-refractivity contribution >= 4 is 51.1 Å². The number of benzene rings is 1. The number of amides is 3. The van der Waals surface area contributed by atoms with Gasteiger partial charge in [-0.2, -0.15) is 0 Å². The maximum atomic E-state index is 13.2. The van der Waals surface area contributed by atoms with Gasteiger partial charge in [0.15, 0.2) is 0 Å². The number of carbonyl (C=O) groups excluding carboxylic acids is 3. The number of hydrogen-bond acceptors (Lipinski definition) is 9. The van der Waals surface area contributed by atoms with Gasteiger partial charge in [-0.15, -0.1) is 0 Å². The van der Waals surface area contributed by atoms with Gasteiger partial charge in [0.2, 0.25) is 11.8 Å². The molecule has 0 bridgehead atoms. The van der Waals surface area contributed by atoms with Gasteiger partial charge in [0.1, 0.15) is 17.0 Å². The van der Waals surface area contributed by atoms with E-state index in [1.807, 2.05) is 25.1 Å². The van der Waals surface area contributed by atoms with E-state index in [4.69, 9.17) is 30.8 Å². The molecule has 1 aliphatic rings. The number of hydrogen-bond donors (Lipinski definition) is 2. The first-order valence-electron chi connectivity index (χ1n) is 15.8. The molecule has 1 fully saturated rings. The molecule has 3 aromatic heterocycles. The van der Waals surface area contributed by atoms with Crippen molar-refractivity contribution in [3.63, 3.8) is 0 Å². The fraction of sp³-hybridized carbons (Fsp3) is 0.333. The third-order valence-electron chi connectivity index (χ3n) is 7.95. The van der Waals surface area contributed by atoms with Gasteiger partial charge in [-0.3, -0.25) is 14.6 Å². The lowest BCUT2D eigenvalue weighted by Crippen LogP contribution is -2.43. The van der Waals surface area contributed by atoms with Gasteiger partial charge < -0.3 is 29.7 Å². The lowest BCUT2D eigenvalue weighted by Gasteiger charge is -2.29. The molecule has 50 heavy (non-hydrogen) atoms. The molecule has 0 radical (unpaired) electrons. The summed E-state index contributed by atoms with van der Waals surface area (Å²) in [4.78, 5) is 53.3. The van der Waals surface area contributed by atoms with Crippen LogP contribution in [-0.4, -0.2) is 70.2 Å². The predicted octanol–water partition coefficient (Wildman–Crippen LogP) is 7.22. The summed E-state index contributed by atoms with van der Waals surface area (Å²) in [6.45, 7) is 7.70. The number of aromatic nitrogens is 3. The third-order valence-corrected chi connectivity index (χ3v) is 8.92. The van der Waals surface area contributed by atoms with E-state index in [9.17, 15) is 14.4 Å². The molecule has 5 rings (SSSR count). The zero-order valence-corrected chi connectivity index (χ0v) is 30.9. The molecule has 12 nitrogen and oxygen atoms in total. The lowest BCUT2D eigenvalue weighted by atomic mass is 10.0. The number of anilines is 1. The van der Waals surface area contributed by atoms with Gasteiger partial charge in [-0.1, -0.05) is 23.7 Å². The van der Waals surface area contributed by atoms with Crippen molar-refractivity contribution in [1.82, 2.24) is 25.2 Å². The molecular formula is C36H38BrClN6O6. The summed E-state index contributed by atoms with van der Waals surface area (Å²) in [5.74, 6) is 0.349. The van der Waals surface area contributed by atoms with Gasteiger partial charge >= 0.3 is 6.09 Å². The molecular weight excluding hydrogens is 728 g/mol. The molecule has 4 aromatic rings. The number of methoxy groups -OCH3 is 2. The zero-order valence-electron chi connectivity index (χ0n) is 28.6. The molecule has 1 atom stereocenters. The summed E-state index contributed by atoms with van der Waals surface area (Å²) in [6, 6.07) is 12.2. The van der Waals surface area contributed by atoms with E-state index >= 15 is 0 Å². The van der Waals surface area contributed by atoms with Crippen molar-refractivity contribution in [1.29, 1.82) is 0 Å². The largest absolute Gasteiger partial charge is 0.495 e. The number of carbonyl (C=O) groups is 3. The Hall–Kier alpha value is -4.75. The number of halogens is 2. The average Bonchev–Trinajstić information content (AvgIpc) is 3.49. The summed E-state index contributed by atoms with van der Waals surface area (Å²) in [5, 5.41) is 6.20. The number of ether oxygens (including phenoxy) is 3. The molecule has 14 heteroatoms. The van der Waals surface area contributed by atoms with Gasteiger partial charge in [-0.25, -0.2) is 14.8 Å². The molecule has 1 aromatic carbocycles. The van der Waals surface area contributed by atoms with Crippen LogP contribution in [0, 0.1) is 6.92 Å². The van der Waals surface area contributed by atoms with Gasteiger partial charge in [0.25, 0.3) is 5.91 Å². The van der Waals surface area contributed by atoms with E-state index in [-0.39, 0.29) is 30.7 Å². The second-order valence-corrected chi connectivity index (χ2v) is 13.9. The van der Waals surface area contributed by atoms with Crippen molar-refractivity contribution in [2.45, 2.75) is 58.7 Å². The molecule has 1 aliphatic heterocycles. The van der Waals surface area contributed by atoms with E-state index in [2.05, 4.69) is 36.5 Å². The van der Waals surface area contributed by atoms with Crippen LogP contribution >= 0.6 is 27.5 Å². The van der Waals surface area contributed by atoms with Gasteiger partial charge in [0, 0.05) is 59.8 Å². The van der Waals surface area contributed by atoms with Crippen molar-refractivity contribution in [2.24, 2.45) is 0 Å². The van der Waals surface area contributed by atoms with Crippen LogP contribution in [0.3, 0.4) is 0 Å². The Morgan fingerprint density at radius 2 is 1.88 bits per heavy atom. The second-order valence-electron chi connectivity index (χ2n) is 12.7. The van der Waals surface area contributed by atoms with E-state index < -0.39 is 17.6 Å². The van der Waals surface area contributed by atoms with Crippen LogP contribution in [0.1, 0.15) is 55.2 Å². The molecule has 2 N–H and O–H groups in total. The minimum absolute atomic E-state index is 0.0397. The maximum absolute atomic E-state index is 13.2. The van der Waals surface area contributed by atoms with Crippen LogP contribution in [-0.2, 0) is 16.1 Å². The first-order valence-corrected chi connectivity index (χ1v) is 17.0. The molecule has 262 valence electrons. The highest BCUT2D eigenvalue weighted by atomic mass is 79.9. The molecule has 1 saturated heterocycles. The molecule has 0 spiro atoms. The van der Waals surface area contributed by atoms with Crippen molar-refractivity contribution in [2.75, 3.05) is 26.1 Å². The fourth-order valence-electron chi connectivity index (χ4n) is 5.48. The number of nitrogens with one attached hydrogen (secondary N) is 2. The highest BCUT2D eigenvalue weighted by molar-refractivity contribution is 9.10. The van der Waals surface area contributed by atoms with E-state index in [0.29, 0.717) is 67.7 Å². The molecule has 4 heterocycles. The first-order chi connectivity index (χ1) is 23.8. The highest BCUT2D eigenvalue weighted by Gasteiger charge is 2.29. The Labute approximate surface area is 304 Å². The summed E-state index contributed by atoms with van der Waals surface area (Å²) in [5.41, 5.74) is 3.80. The van der Waals surface area contributed by atoms with Crippen molar-refractivity contribution in [3.8, 4) is 34.1 Å². The topological polar surface area (TPSA) is 145 Å². The standard InChI is InChI=1S/C36H38BrClN6O6/c1-20-23(8-7-9-26(20)42-33(46)28-16-29(48-5)25(37)17-40-28)32-31(38)24(14-15-39-32)27-12-10-21(34(43-27)49-6)18-44(35(47)50-36(2,3)4)19-22-11-13-30(45)41-22/h7-10,12,14-17,22H,11,13,18-19H2,1-6H3,(H,41,45)(H,42,46)/t22-/m0/s1. The Morgan fingerprint density at radius 3 is 2.56 bits per heavy atom. The Balaban J connectivity index is 1.42. The third kappa shape index (κ3) is 8.51. The molecule has 0 saturated carbocycles. The van der Waals surface area contributed by atoms with Gasteiger partial charge in [0.05, 0.1) is 41.6 Å². The number of nitrogens with zero attached hydrogens (tertiary/aromatic N) is 4. The van der Waals surface area contributed by atoms with E-state index in [0.717, 1.165) is 5.56 Å². The maximum Gasteiger partial charge on any atom is 0.410 e. The monoisotopic (exact) mass is 764 g/mol. The van der Waals surface area contributed by atoms with E-state index in [1.54, 1.807) is 56.1 Å². The zero-order chi connectivity index (χ0) is 36.2. The normalized spacial score (nSPS) is 14.2. The summed E-state index contributed by atoms with van der Waals surface area (Å²) in [6.07, 6.45) is 3.69. The van der Waals surface area contributed by atoms with Crippen LogP contribution in [0.4, 0.5) is 10.5 Å². The summed E-state index contributed by atoms with van der Waals surface area (Å²) < 4.78 is 17.3. The molecule has 0 unspecified atom stereocenters. The van der Waals surface area contributed by atoms with Crippen molar-refractivity contribution in [3.05, 3.63) is 81.2 Å². The van der Waals surface area contributed by atoms with Crippen LogP contribution in [0.25, 0.3) is 22.5 Å². The van der Waals surface area contributed by atoms with Crippen LogP contribution in [0.5, 0.6) is 11.6 Å². The average molecular weight is 766 g/mol. The number of pyridine rings is 3. The Bertz CT molecular complexity index is 1930. The highest BCUT2D eigenvalue weighted by Crippen LogP contribution is 2.38. The summed E-state index contributed by atoms with van der Waals surface area (Å²) in [7, 11) is 3.02. The molecule has 0 aliphatic carbocycles. The minimum atomic E-state index is -0.704. The SMILES string of the molecule is COc1cc(C(=O)Nc2cccc(-c3nccc(-c4ccc(CN(C[C@@H]5CCC(=O)N5)C(=O)OC(C)(C)C)c(OC)n4)c3Cl)c2C)ncc1Br. The number of rotatable bonds is 10. The van der Waals surface area contributed by atoms with E-state index in [1.165, 1.54) is 20.4 Å². The van der Waals surface area contributed by atoms with Crippen LogP contribution in [0.2, 0.25) is 5.02 Å². The van der Waals surface area contributed by atoms with Crippen molar-refractivity contribution < 1.29 is 28.6 Å². The minimum Gasteiger partial charge on any atom is -0.495 e. The smallest absolute Gasteiger partial charge is 0.410 e.